The largest absolute Gasteiger partial charge is 0.353 e. The van der Waals surface area contributed by atoms with Crippen LogP contribution in [0.25, 0.3) is 0 Å². The van der Waals surface area contributed by atoms with Gasteiger partial charge in [0.2, 0.25) is 5.91 Å². The lowest BCUT2D eigenvalue weighted by molar-refractivity contribution is -0.116. The van der Waals surface area contributed by atoms with Crippen molar-refractivity contribution in [2.75, 3.05) is 6.54 Å². The van der Waals surface area contributed by atoms with E-state index >= 15 is 0 Å². The zero-order valence-corrected chi connectivity index (χ0v) is 6.39. The molecule has 2 heteroatoms. The molecular formula is C8H14NO. The van der Waals surface area contributed by atoms with Crippen LogP contribution in [-0.4, -0.2) is 12.5 Å². The van der Waals surface area contributed by atoms with Crippen LogP contribution in [0.4, 0.5) is 0 Å². The fourth-order valence-corrected chi connectivity index (χ4v) is 0.495. The van der Waals surface area contributed by atoms with Gasteiger partial charge in [0, 0.05) is 6.54 Å². The zero-order chi connectivity index (χ0) is 7.82. The first kappa shape index (κ1) is 9.21. The van der Waals surface area contributed by atoms with Crippen molar-refractivity contribution in [3.63, 3.8) is 0 Å². The van der Waals surface area contributed by atoms with Gasteiger partial charge in [-0.25, -0.2) is 0 Å². The van der Waals surface area contributed by atoms with E-state index in [0.717, 1.165) is 12.8 Å². The highest BCUT2D eigenvalue weighted by Gasteiger charge is 1.89. The Bertz CT molecular complexity index is 118. The molecule has 0 aliphatic rings. The minimum Gasteiger partial charge on any atom is -0.353 e. The number of carbonyl (C=O) groups is 1. The molecule has 10 heavy (non-hydrogen) atoms. The third-order valence-electron chi connectivity index (χ3n) is 0.981. The van der Waals surface area contributed by atoms with E-state index in [-0.39, 0.29) is 5.91 Å². The lowest BCUT2D eigenvalue weighted by Crippen LogP contribution is -2.21. The van der Waals surface area contributed by atoms with Gasteiger partial charge in [-0.15, -0.1) is 0 Å². The second-order valence-corrected chi connectivity index (χ2v) is 1.96. The molecule has 0 fully saturated rings. The molecule has 0 heterocycles. The van der Waals surface area contributed by atoms with Crippen LogP contribution in [0.15, 0.2) is 12.2 Å². The van der Waals surface area contributed by atoms with Crippen LogP contribution in [0.3, 0.4) is 0 Å². The maximum atomic E-state index is 10.7. The molecule has 1 amide bonds. The second-order valence-electron chi connectivity index (χ2n) is 1.96. The highest BCUT2D eigenvalue weighted by atomic mass is 16.1. The Balaban J connectivity index is 3.34. The number of nitrogens with one attached hydrogen (secondary N) is 1. The van der Waals surface area contributed by atoms with E-state index in [9.17, 15) is 4.79 Å². The quantitative estimate of drug-likeness (QED) is 0.586. The molecule has 0 aromatic rings. The first-order valence-corrected chi connectivity index (χ1v) is 3.55. The highest BCUT2D eigenvalue weighted by molar-refractivity contribution is 5.87. The molecule has 0 spiro atoms. The van der Waals surface area contributed by atoms with Crippen molar-refractivity contribution in [1.29, 1.82) is 0 Å². The van der Waals surface area contributed by atoms with E-state index in [2.05, 4.69) is 12.2 Å². The van der Waals surface area contributed by atoms with Crippen molar-refractivity contribution in [3.05, 3.63) is 19.1 Å². The maximum Gasteiger partial charge on any atom is 0.243 e. The van der Waals surface area contributed by atoms with E-state index in [1.165, 1.54) is 0 Å². The Hall–Kier alpha value is -0.790. The van der Waals surface area contributed by atoms with Crippen molar-refractivity contribution in [2.24, 2.45) is 0 Å². The van der Waals surface area contributed by atoms with Gasteiger partial charge in [-0.2, -0.15) is 0 Å². The Morgan fingerprint density at radius 3 is 2.90 bits per heavy atom. The molecule has 0 aromatic heterocycles. The van der Waals surface area contributed by atoms with Gasteiger partial charge in [0.1, 0.15) is 0 Å². The predicted molar refractivity (Wildman–Crippen MR) is 42.4 cm³/mol. The maximum absolute atomic E-state index is 10.7. The normalized spacial score (nSPS) is 10.2. The van der Waals surface area contributed by atoms with Crippen LogP contribution in [0.1, 0.15) is 19.8 Å². The zero-order valence-electron chi connectivity index (χ0n) is 6.39. The first-order valence-electron chi connectivity index (χ1n) is 3.55. The summed E-state index contributed by atoms with van der Waals surface area (Å²) >= 11 is 0. The van der Waals surface area contributed by atoms with Crippen LogP contribution in [-0.2, 0) is 4.79 Å². The lowest BCUT2D eigenvalue weighted by Gasteiger charge is -1.95. The van der Waals surface area contributed by atoms with Crippen LogP contribution < -0.4 is 5.32 Å². The van der Waals surface area contributed by atoms with Crippen LogP contribution in [0.5, 0.6) is 0 Å². The molecule has 1 radical (unpaired) electrons. The molecule has 0 bridgehead atoms. The molecule has 0 saturated heterocycles. The molecule has 0 aromatic carbocycles. The van der Waals surface area contributed by atoms with Crippen molar-refractivity contribution in [2.45, 2.75) is 19.8 Å². The van der Waals surface area contributed by atoms with Gasteiger partial charge in [0.05, 0.1) is 0 Å². The van der Waals surface area contributed by atoms with Crippen molar-refractivity contribution < 1.29 is 4.79 Å². The summed E-state index contributed by atoms with van der Waals surface area (Å²) in [4.78, 5) is 10.7. The average Bonchev–Trinajstić information content (AvgIpc) is 1.97. The highest BCUT2D eigenvalue weighted by Crippen LogP contribution is 1.79. The lowest BCUT2D eigenvalue weighted by atomic mass is 10.4. The third-order valence-corrected chi connectivity index (χ3v) is 0.981. The molecule has 0 unspecified atom stereocenters. The topological polar surface area (TPSA) is 29.1 Å². The van der Waals surface area contributed by atoms with E-state index in [4.69, 9.17) is 0 Å². The monoisotopic (exact) mass is 140 g/mol. The first-order chi connectivity index (χ1) is 4.81. The summed E-state index contributed by atoms with van der Waals surface area (Å²) in [6.07, 6.45) is 5.03. The van der Waals surface area contributed by atoms with Crippen LogP contribution >= 0.6 is 0 Å². The van der Waals surface area contributed by atoms with Gasteiger partial charge in [-0.05, 0) is 18.9 Å². The van der Waals surface area contributed by atoms with Crippen molar-refractivity contribution in [3.8, 4) is 0 Å². The van der Waals surface area contributed by atoms with E-state index < -0.39 is 0 Å². The number of rotatable bonds is 4. The van der Waals surface area contributed by atoms with Crippen molar-refractivity contribution in [1.82, 2.24) is 5.32 Å². The van der Waals surface area contributed by atoms with Gasteiger partial charge in [-0.1, -0.05) is 19.9 Å². The molecule has 0 atom stereocenters. The summed E-state index contributed by atoms with van der Waals surface area (Å²) in [5.41, 5.74) is 0. The fourth-order valence-electron chi connectivity index (χ4n) is 0.495. The summed E-state index contributed by atoms with van der Waals surface area (Å²) in [5.74, 6) is -0.0227. The van der Waals surface area contributed by atoms with E-state index in [1.807, 2.05) is 13.0 Å². The Labute approximate surface area is 62.3 Å². The fraction of sp³-hybridized carbons (Fsp3) is 0.500. The molecule has 0 aliphatic heterocycles. The van der Waals surface area contributed by atoms with Gasteiger partial charge in [0.15, 0.2) is 0 Å². The average molecular weight is 140 g/mol. The van der Waals surface area contributed by atoms with E-state index in [1.54, 1.807) is 6.08 Å². The van der Waals surface area contributed by atoms with Gasteiger partial charge in [-0.3, -0.25) is 4.79 Å². The van der Waals surface area contributed by atoms with Crippen LogP contribution in [0, 0.1) is 6.92 Å². The molecule has 0 aliphatic carbocycles. The molecular weight excluding hydrogens is 126 g/mol. The SMILES string of the molecule is [CH2]CCNC(=O)C=CCC. The number of hydrogen-bond acceptors (Lipinski definition) is 1. The number of allylic oxidation sites excluding steroid dienone is 1. The Morgan fingerprint density at radius 1 is 1.70 bits per heavy atom. The van der Waals surface area contributed by atoms with Crippen LogP contribution in [0.2, 0.25) is 0 Å². The van der Waals surface area contributed by atoms with Crippen molar-refractivity contribution >= 4 is 5.91 Å². The number of amides is 1. The smallest absolute Gasteiger partial charge is 0.243 e. The molecule has 1 N–H and O–H groups in total. The van der Waals surface area contributed by atoms with E-state index in [0.29, 0.717) is 6.54 Å². The standard InChI is InChI=1S/C8H14NO/c1-3-5-6-8(10)9-7-4-2/h5-6H,2-4,7H2,1H3,(H,9,10). The predicted octanol–water partition coefficient (Wildman–Crippen LogP) is 1.29. The minimum absolute atomic E-state index is 0.0227. The minimum atomic E-state index is -0.0227. The summed E-state index contributed by atoms with van der Waals surface area (Å²) < 4.78 is 0. The summed E-state index contributed by atoms with van der Waals surface area (Å²) in [5, 5.41) is 2.68. The Morgan fingerprint density at radius 2 is 2.40 bits per heavy atom. The molecule has 0 rings (SSSR count). The third kappa shape index (κ3) is 5.35. The molecule has 0 saturated carbocycles. The number of carbonyl (C=O) groups excluding carboxylic acids is 1. The van der Waals surface area contributed by atoms with Gasteiger partial charge < -0.3 is 5.32 Å². The summed E-state index contributed by atoms with van der Waals surface area (Å²) in [6, 6.07) is 0. The molecule has 57 valence electrons. The second kappa shape index (κ2) is 6.33. The summed E-state index contributed by atoms with van der Waals surface area (Å²) in [7, 11) is 0. The summed E-state index contributed by atoms with van der Waals surface area (Å²) in [6.45, 7) is 6.25. The van der Waals surface area contributed by atoms with Gasteiger partial charge in [0.25, 0.3) is 0 Å². The Kier molecular flexibility index (Phi) is 5.83. The number of hydrogen-bond donors (Lipinski definition) is 1. The molecule has 2 nitrogen and oxygen atoms in total. The van der Waals surface area contributed by atoms with Gasteiger partial charge >= 0.3 is 0 Å².